The Morgan fingerprint density at radius 3 is 3.15 bits per heavy atom. The minimum Gasteiger partial charge on any atom is -0.376 e. The number of imidazole rings is 1. The van der Waals surface area contributed by atoms with Crippen LogP contribution >= 0.6 is 0 Å². The largest absolute Gasteiger partial charge is 0.376 e. The third kappa shape index (κ3) is 2.68. The molecule has 0 bridgehead atoms. The van der Waals surface area contributed by atoms with E-state index in [1.165, 1.54) is 0 Å². The molecule has 7 heteroatoms. The molecule has 134 valence electrons. The van der Waals surface area contributed by atoms with Crippen molar-refractivity contribution >= 4 is 17.0 Å². The molecule has 0 aliphatic carbocycles. The van der Waals surface area contributed by atoms with E-state index in [1.807, 2.05) is 24.3 Å². The molecule has 26 heavy (non-hydrogen) atoms. The Bertz CT molecular complexity index is 976. The van der Waals surface area contributed by atoms with Crippen molar-refractivity contribution in [2.75, 3.05) is 18.1 Å². The number of aromatic amines is 1. The summed E-state index contributed by atoms with van der Waals surface area (Å²) in [7, 11) is 0. The lowest BCUT2D eigenvalue weighted by atomic mass is 10.1. The molecule has 1 unspecified atom stereocenters. The van der Waals surface area contributed by atoms with Crippen LogP contribution in [0.2, 0.25) is 0 Å². The maximum absolute atomic E-state index is 12.5. The topological polar surface area (TPSA) is 76.0 Å². The minimum absolute atomic E-state index is 0.0503. The highest BCUT2D eigenvalue weighted by Crippen LogP contribution is 2.26. The van der Waals surface area contributed by atoms with Crippen LogP contribution in [-0.4, -0.2) is 38.9 Å². The van der Waals surface area contributed by atoms with Crippen LogP contribution in [0.25, 0.3) is 11.0 Å². The van der Waals surface area contributed by atoms with E-state index in [2.05, 4.69) is 15.0 Å². The van der Waals surface area contributed by atoms with Crippen LogP contribution in [0.15, 0.2) is 35.1 Å². The number of para-hydroxylation sites is 2. The van der Waals surface area contributed by atoms with E-state index in [1.54, 1.807) is 10.7 Å². The highest BCUT2D eigenvalue weighted by molar-refractivity contribution is 5.77. The summed E-state index contributed by atoms with van der Waals surface area (Å²) < 4.78 is 7.04. The fraction of sp³-hybridized carbons (Fsp3) is 0.421. The van der Waals surface area contributed by atoms with E-state index in [9.17, 15) is 4.79 Å². The number of nitrogens with one attached hydrogen (secondary N) is 1. The zero-order chi connectivity index (χ0) is 17.5. The van der Waals surface area contributed by atoms with Gasteiger partial charge >= 0.3 is 0 Å². The number of hydrogen-bond donors (Lipinski definition) is 1. The van der Waals surface area contributed by atoms with E-state index in [0.717, 1.165) is 54.0 Å². The number of rotatable bonds is 3. The van der Waals surface area contributed by atoms with Crippen molar-refractivity contribution in [1.82, 2.24) is 19.7 Å². The molecular weight excluding hydrogens is 330 g/mol. The van der Waals surface area contributed by atoms with Crippen molar-refractivity contribution in [3.8, 4) is 0 Å². The van der Waals surface area contributed by atoms with Gasteiger partial charge in [0.05, 0.1) is 42.5 Å². The SMILES string of the molecule is O=c1cc2c(nn1CC1CCCN1c1nc3ccccc3[nH]1)CCOC2. The van der Waals surface area contributed by atoms with Gasteiger partial charge in [0.25, 0.3) is 5.56 Å². The van der Waals surface area contributed by atoms with Crippen LogP contribution in [0.3, 0.4) is 0 Å². The minimum atomic E-state index is -0.0503. The monoisotopic (exact) mass is 351 g/mol. The van der Waals surface area contributed by atoms with Crippen molar-refractivity contribution < 1.29 is 4.74 Å². The van der Waals surface area contributed by atoms with Crippen molar-refractivity contribution in [3.63, 3.8) is 0 Å². The van der Waals surface area contributed by atoms with Gasteiger partial charge in [0.2, 0.25) is 5.95 Å². The van der Waals surface area contributed by atoms with Gasteiger partial charge in [0.15, 0.2) is 0 Å². The molecule has 7 nitrogen and oxygen atoms in total. The van der Waals surface area contributed by atoms with E-state index < -0.39 is 0 Å². The highest BCUT2D eigenvalue weighted by Gasteiger charge is 2.28. The fourth-order valence-electron chi connectivity index (χ4n) is 3.96. The summed E-state index contributed by atoms with van der Waals surface area (Å²) >= 11 is 0. The second-order valence-electron chi connectivity index (χ2n) is 7.01. The first-order valence-corrected chi connectivity index (χ1v) is 9.17. The summed E-state index contributed by atoms with van der Waals surface area (Å²) in [6, 6.07) is 9.95. The molecule has 5 rings (SSSR count). The van der Waals surface area contributed by atoms with E-state index in [0.29, 0.717) is 19.8 Å². The maximum atomic E-state index is 12.5. The molecule has 0 spiro atoms. The quantitative estimate of drug-likeness (QED) is 0.779. The van der Waals surface area contributed by atoms with Crippen molar-refractivity contribution in [3.05, 3.63) is 51.9 Å². The normalized spacial score (nSPS) is 19.8. The third-order valence-electron chi connectivity index (χ3n) is 5.31. The molecule has 0 radical (unpaired) electrons. The number of fused-ring (bicyclic) bond motifs is 2. The van der Waals surface area contributed by atoms with Gasteiger partial charge in [-0.1, -0.05) is 12.1 Å². The van der Waals surface area contributed by atoms with E-state index >= 15 is 0 Å². The molecule has 2 aliphatic rings. The van der Waals surface area contributed by atoms with Crippen LogP contribution in [0.5, 0.6) is 0 Å². The molecule has 2 aliphatic heterocycles. The summed E-state index contributed by atoms with van der Waals surface area (Å²) in [6.45, 7) is 2.70. The number of nitrogens with zero attached hydrogens (tertiary/aromatic N) is 4. The molecule has 3 aromatic rings. The van der Waals surface area contributed by atoms with Gasteiger partial charge in [-0.15, -0.1) is 0 Å². The van der Waals surface area contributed by atoms with Crippen molar-refractivity contribution in [2.24, 2.45) is 0 Å². The van der Waals surface area contributed by atoms with E-state index in [-0.39, 0.29) is 11.6 Å². The lowest BCUT2D eigenvalue weighted by Crippen LogP contribution is -2.38. The van der Waals surface area contributed by atoms with Crippen LogP contribution in [0, 0.1) is 0 Å². The Morgan fingerprint density at radius 1 is 1.31 bits per heavy atom. The zero-order valence-corrected chi connectivity index (χ0v) is 14.5. The predicted molar refractivity (Wildman–Crippen MR) is 98.3 cm³/mol. The molecule has 1 fully saturated rings. The van der Waals surface area contributed by atoms with Crippen LogP contribution in [0.4, 0.5) is 5.95 Å². The molecule has 0 saturated carbocycles. The maximum Gasteiger partial charge on any atom is 0.267 e. The molecule has 2 aromatic heterocycles. The Labute approximate surface area is 150 Å². The highest BCUT2D eigenvalue weighted by atomic mass is 16.5. The molecule has 0 amide bonds. The van der Waals surface area contributed by atoms with Gasteiger partial charge in [-0.3, -0.25) is 4.79 Å². The number of anilines is 1. The fourth-order valence-corrected chi connectivity index (χ4v) is 3.96. The molecule has 1 N–H and O–H groups in total. The average molecular weight is 351 g/mol. The van der Waals surface area contributed by atoms with Gasteiger partial charge < -0.3 is 14.6 Å². The van der Waals surface area contributed by atoms with Crippen molar-refractivity contribution in [2.45, 2.75) is 38.5 Å². The van der Waals surface area contributed by atoms with Crippen molar-refractivity contribution in [1.29, 1.82) is 0 Å². The Morgan fingerprint density at radius 2 is 2.23 bits per heavy atom. The first kappa shape index (κ1) is 15.6. The second-order valence-corrected chi connectivity index (χ2v) is 7.01. The summed E-state index contributed by atoms with van der Waals surface area (Å²) in [4.78, 5) is 22.9. The average Bonchev–Trinajstić information content (AvgIpc) is 3.28. The van der Waals surface area contributed by atoms with Crippen LogP contribution in [-0.2, 0) is 24.3 Å². The predicted octanol–water partition coefficient (Wildman–Crippen LogP) is 1.86. The first-order chi connectivity index (χ1) is 12.8. The summed E-state index contributed by atoms with van der Waals surface area (Å²) in [5.41, 5.74) is 3.88. The summed E-state index contributed by atoms with van der Waals surface area (Å²) in [6.07, 6.45) is 2.90. The standard InChI is InChI=1S/C19H21N5O2/c25-18-10-13-12-26-9-7-15(13)22-24(18)11-14-4-3-8-23(14)19-20-16-5-1-2-6-17(16)21-19/h1-2,5-6,10,14H,3-4,7-9,11-12H2,(H,20,21). The summed E-state index contributed by atoms with van der Waals surface area (Å²) in [5.74, 6) is 0.883. The first-order valence-electron chi connectivity index (χ1n) is 9.17. The van der Waals surface area contributed by atoms with Crippen LogP contribution in [0.1, 0.15) is 24.1 Å². The van der Waals surface area contributed by atoms with Gasteiger partial charge in [-0.2, -0.15) is 5.10 Å². The second kappa shape index (κ2) is 6.25. The Hall–Kier alpha value is -2.67. The molecule has 4 heterocycles. The Kier molecular flexibility index (Phi) is 3.74. The number of ether oxygens (including phenoxy) is 1. The molecule has 1 saturated heterocycles. The lowest BCUT2D eigenvalue weighted by molar-refractivity contribution is 0.108. The number of hydrogen-bond acceptors (Lipinski definition) is 5. The number of benzene rings is 1. The van der Waals surface area contributed by atoms with Gasteiger partial charge in [-0.25, -0.2) is 9.67 Å². The van der Waals surface area contributed by atoms with Gasteiger partial charge in [0, 0.05) is 24.6 Å². The molecule has 1 aromatic carbocycles. The van der Waals surface area contributed by atoms with Gasteiger partial charge in [-0.05, 0) is 25.0 Å². The molecular formula is C19H21N5O2. The van der Waals surface area contributed by atoms with Crippen LogP contribution < -0.4 is 10.5 Å². The van der Waals surface area contributed by atoms with E-state index in [4.69, 9.17) is 9.72 Å². The lowest BCUT2D eigenvalue weighted by Gasteiger charge is -2.25. The number of H-pyrrole nitrogens is 1. The van der Waals surface area contributed by atoms with Gasteiger partial charge in [0.1, 0.15) is 0 Å². The number of aromatic nitrogens is 4. The zero-order valence-electron chi connectivity index (χ0n) is 14.5. The Balaban J connectivity index is 1.43. The molecule has 1 atom stereocenters. The summed E-state index contributed by atoms with van der Waals surface area (Å²) in [5, 5.41) is 4.61. The third-order valence-corrected chi connectivity index (χ3v) is 5.31. The smallest absolute Gasteiger partial charge is 0.267 e.